The first-order chi connectivity index (χ1) is 14.7. The lowest BCUT2D eigenvalue weighted by molar-refractivity contribution is -0.154. The van der Waals surface area contributed by atoms with Gasteiger partial charge in [0.25, 0.3) is 0 Å². The molecule has 0 saturated heterocycles. The molecule has 160 valence electrons. The lowest BCUT2D eigenvalue weighted by Gasteiger charge is -2.12. The number of rotatable bonds is 11. The molecule has 0 radical (unpaired) electrons. The molecule has 6 heteroatoms. The molecule has 1 atom stereocenters. The number of ether oxygens (including phenoxy) is 3. The van der Waals surface area contributed by atoms with Gasteiger partial charge in [-0.05, 0) is 56.4 Å². The van der Waals surface area contributed by atoms with Crippen molar-refractivity contribution in [2.45, 2.75) is 45.1 Å². The molecule has 1 aliphatic rings. The average molecular weight is 411 g/mol. The second kappa shape index (κ2) is 11.2. The zero-order valence-corrected chi connectivity index (χ0v) is 17.6. The lowest BCUT2D eigenvalue weighted by atomic mass is 10.0. The second-order valence-corrected chi connectivity index (χ2v) is 7.10. The van der Waals surface area contributed by atoms with Gasteiger partial charge < -0.3 is 19.0 Å². The Labute approximate surface area is 177 Å². The number of hydrogen-bond acceptors (Lipinski definition) is 6. The van der Waals surface area contributed by atoms with Gasteiger partial charge in [0.1, 0.15) is 0 Å². The number of benzene rings is 2. The molecule has 6 nitrogen and oxygen atoms in total. The molecule has 30 heavy (non-hydrogen) atoms. The Bertz CT molecular complexity index is 850. The van der Waals surface area contributed by atoms with E-state index >= 15 is 0 Å². The van der Waals surface area contributed by atoms with Crippen molar-refractivity contribution in [2.24, 2.45) is 5.16 Å². The van der Waals surface area contributed by atoms with Crippen LogP contribution >= 0.6 is 0 Å². The molecule has 0 spiro atoms. The zero-order chi connectivity index (χ0) is 21.2. The molecule has 1 unspecified atom stereocenters. The number of hydrogen-bond donors (Lipinski definition) is 0. The summed E-state index contributed by atoms with van der Waals surface area (Å²) in [5.41, 5.74) is 2.92. The molecular formula is C24H29NO5. The number of nitrogens with zero attached hydrogens (tertiary/aromatic N) is 1. The molecule has 0 N–H and O–H groups in total. The maximum absolute atomic E-state index is 11.8. The van der Waals surface area contributed by atoms with E-state index in [2.05, 4.69) is 29.4 Å². The summed E-state index contributed by atoms with van der Waals surface area (Å²) in [6.07, 6.45) is 3.98. The summed E-state index contributed by atoms with van der Waals surface area (Å²) in [6.45, 7) is 2.70. The summed E-state index contributed by atoms with van der Waals surface area (Å²) in [7, 11) is 1.62. The van der Waals surface area contributed by atoms with Gasteiger partial charge in [0, 0.05) is 12.0 Å². The Hall–Kier alpha value is -3.02. The highest BCUT2D eigenvalue weighted by molar-refractivity contribution is 6.04. The molecule has 3 rings (SSSR count). The topological polar surface area (TPSA) is 66.4 Å². The second-order valence-electron chi connectivity index (χ2n) is 7.10. The van der Waals surface area contributed by atoms with Crippen LogP contribution in [0.15, 0.2) is 53.7 Å². The van der Waals surface area contributed by atoms with Crippen molar-refractivity contribution < 1.29 is 23.8 Å². The Kier molecular flexibility index (Phi) is 8.12. The number of carbonyl (C=O) groups is 1. The smallest absolute Gasteiger partial charge is 0.350 e. The zero-order valence-electron chi connectivity index (χ0n) is 17.6. The highest BCUT2D eigenvalue weighted by atomic mass is 16.7. The van der Waals surface area contributed by atoms with Gasteiger partial charge in [-0.25, -0.2) is 4.79 Å². The van der Waals surface area contributed by atoms with Crippen molar-refractivity contribution in [3.63, 3.8) is 0 Å². The highest BCUT2D eigenvalue weighted by Gasteiger charge is 2.30. The SMILES string of the molecule is CCOC(=O)C1CC(c2ccc(OC)c(OCCCCCc3ccccc3)c2)=NO1. The maximum atomic E-state index is 11.8. The fourth-order valence-corrected chi connectivity index (χ4v) is 3.31. The van der Waals surface area contributed by atoms with E-state index in [9.17, 15) is 4.79 Å². The molecule has 0 saturated carbocycles. The largest absolute Gasteiger partial charge is 0.493 e. The Morgan fingerprint density at radius 1 is 1.10 bits per heavy atom. The monoisotopic (exact) mass is 411 g/mol. The van der Waals surface area contributed by atoms with Gasteiger partial charge in [-0.1, -0.05) is 35.5 Å². The molecule has 0 fully saturated rings. The summed E-state index contributed by atoms with van der Waals surface area (Å²) in [5, 5.41) is 4.06. The van der Waals surface area contributed by atoms with Crippen LogP contribution in [0.2, 0.25) is 0 Å². The molecule has 2 aromatic rings. The molecule has 0 amide bonds. The summed E-state index contributed by atoms with van der Waals surface area (Å²) < 4.78 is 16.4. The average Bonchev–Trinajstić information content (AvgIpc) is 3.27. The molecule has 0 aliphatic carbocycles. The van der Waals surface area contributed by atoms with Crippen LogP contribution in [0.5, 0.6) is 11.5 Å². The first kappa shape index (κ1) is 21.7. The summed E-state index contributed by atoms with van der Waals surface area (Å²) in [4.78, 5) is 17.1. The van der Waals surface area contributed by atoms with Crippen LogP contribution in [0, 0.1) is 0 Å². The first-order valence-corrected chi connectivity index (χ1v) is 10.5. The van der Waals surface area contributed by atoms with Crippen molar-refractivity contribution in [3.8, 4) is 11.5 Å². The molecule has 0 bridgehead atoms. The number of unbranched alkanes of at least 4 members (excludes halogenated alkanes) is 2. The highest BCUT2D eigenvalue weighted by Crippen LogP contribution is 2.30. The van der Waals surface area contributed by atoms with Crippen molar-refractivity contribution in [1.82, 2.24) is 0 Å². The van der Waals surface area contributed by atoms with E-state index in [0.29, 0.717) is 36.8 Å². The van der Waals surface area contributed by atoms with Crippen LogP contribution < -0.4 is 9.47 Å². The van der Waals surface area contributed by atoms with Gasteiger partial charge in [0.05, 0.1) is 26.0 Å². The van der Waals surface area contributed by atoms with E-state index in [1.165, 1.54) is 5.56 Å². The third kappa shape index (κ3) is 5.99. The van der Waals surface area contributed by atoms with Gasteiger partial charge in [0.2, 0.25) is 6.10 Å². The Morgan fingerprint density at radius 3 is 2.70 bits per heavy atom. The van der Waals surface area contributed by atoms with E-state index in [0.717, 1.165) is 31.2 Å². The van der Waals surface area contributed by atoms with Crippen molar-refractivity contribution in [1.29, 1.82) is 0 Å². The van der Waals surface area contributed by atoms with Crippen LogP contribution in [0.1, 0.15) is 43.7 Å². The van der Waals surface area contributed by atoms with Crippen LogP contribution in [-0.2, 0) is 20.8 Å². The molecule has 0 aromatic heterocycles. The van der Waals surface area contributed by atoms with Gasteiger partial charge in [-0.15, -0.1) is 0 Å². The number of aryl methyl sites for hydroxylation is 1. The predicted molar refractivity (Wildman–Crippen MR) is 115 cm³/mol. The third-order valence-electron chi connectivity index (χ3n) is 4.93. The van der Waals surface area contributed by atoms with E-state index in [-0.39, 0.29) is 0 Å². The van der Waals surface area contributed by atoms with E-state index in [1.807, 2.05) is 24.3 Å². The van der Waals surface area contributed by atoms with Crippen molar-refractivity contribution >= 4 is 11.7 Å². The normalized spacial score (nSPS) is 15.3. The first-order valence-electron chi connectivity index (χ1n) is 10.5. The van der Waals surface area contributed by atoms with Crippen LogP contribution in [0.4, 0.5) is 0 Å². The number of esters is 1. The van der Waals surface area contributed by atoms with Gasteiger partial charge in [-0.2, -0.15) is 0 Å². The lowest BCUT2D eigenvalue weighted by Crippen LogP contribution is -2.23. The number of carbonyl (C=O) groups excluding carboxylic acids is 1. The summed E-state index contributed by atoms with van der Waals surface area (Å²) >= 11 is 0. The Morgan fingerprint density at radius 2 is 1.93 bits per heavy atom. The van der Waals surface area contributed by atoms with Gasteiger partial charge in [-0.3, -0.25) is 0 Å². The molecule has 1 heterocycles. The minimum absolute atomic E-state index is 0.319. The van der Waals surface area contributed by atoms with E-state index < -0.39 is 12.1 Å². The van der Waals surface area contributed by atoms with Crippen LogP contribution in [0.25, 0.3) is 0 Å². The fraction of sp³-hybridized carbons (Fsp3) is 0.417. The number of methoxy groups -OCH3 is 1. The van der Waals surface area contributed by atoms with Crippen molar-refractivity contribution in [2.75, 3.05) is 20.3 Å². The van der Waals surface area contributed by atoms with Crippen molar-refractivity contribution in [3.05, 3.63) is 59.7 Å². The van der Waals surface area contributed by atoms with Gasteiger partial charge >= 0.3 is 5.97 Å². The summed E-state index contributed by atoms with van der Waals surface area (Å²) in [5.74, 6) is 0.946. The molecule has 2 aromatic carbocycles. The van der Waals surface area contributed by atoms with E-state index in [4.69, 9.17) is 19.0 Å². The van der Waals surface area contributed by atoms with Gasteiger partial charge in [0.15, 0.2) is 11.5 Å². The minimum Gasteiger partial charge on any atom is -0.493 e. The number of oxime groups is 1. The van der Waals surface area contributed by atoms with Crippen LogP contribution in [0.3, 0.4) is 0 Å². The molecular weight excluding hydrogens is 382 g/mol. The van der Waals surface area contributed by atoms with Crippen LogP contribution in [-0.4, -0.2) is 38.1 Å². The fourth-order valence-electron chi connectivity index (χ4n) is 3.31. The standard InChI is InChI=1S/C24H29NO5/c1-3-28-24(26)23-17-20(25-30-23)19-13-14-21(27-2)22(16-19)29-15-9-5-8-12-18-10-6-4-7-11-18/h4,6-7,10-11,13-14,16,23H,3,5,8-9,12,15,17H2,1-2H3. The minimum atomic E-state index is -0.684. The Balaban J connectivity index is 1.49. The maximum Gasteiger partial charge on any atom is 0.350 e. The predicted octanol–water partition coefficient (Wildman–Crippen LogP) is 4.54. The quantitative estimate of drug-likeness (QED) is 0.401. The molecule has 1 aliphatic heterocycles. The van der Waals surface area contributed by atoms with E-state index in [1.54, 1.807) is 14.0 Å². The third-order valence-corrected chi connectivity index (χ3v) is 4.93. The summed E-state index contributed by atoms with van der Waals surface area (Å²) in [6, 6.07) is 16.1.